The molecule has 0 fully saturated rings. The van der Waals surface area contributed by atoms with Crippen LogP contribution in [0.25, 0.3) is 0 Å². The number of rotatable bonds is 6. The van der Waals surface area contributed by atoms with E-state index in [9.17, 15) is 9.18 Å². The molecule has 2 aromatic rings. The molecule has 0 saturated heterocycles. The Morgan fingerprint density at radius 1 is 1.33 bits per heavy atom. The Hall–Kier alpha value is -2.41. The Kier molecular flexibility index (Phi) is 6.74. The second-order valence-corrected chi connectivity index (χ2v) is 6.10. The van der Waals surface area contributed by atoms with E-state index < -0.39 is 0 Å². The van der Waals surface area contributed by atoms with Gasteiger partial charge >= 0.3 is 0 Å². The van der Waals surface area contributed by atoms with Crippen LogP contribution in [-0.2, 0) is 4.79 Å². The molecule has 0 aliphatic heterocycles. The maximum absolute atomic E-state index is 13.1. The highest BCUT2D eigenvalue weighted by atomic mass is 32.1. The van der Waals surface area contributed by atoms with E-state index in [1.54, 1.807) is 30.5 Å². The number of amides is 1. The first-order chi connectivity index (χ1) is 11.6. The highest BCUT2D eigenvalue weighted by molar-refractivity contribution is 7.07. The lowest BCUT2D eigenvalue weighted by Crippen LogP contribution is -2.42. The molecule has 24 heavy (non-hydrogen) atoms. The molecule has 128 valence electrons. The van der Waals surface area contributed by atoms with E-state index in [1.807, 2.05) is 0 Å². The lowest BCUT2D eigenvalue weighted by atomic mass is 10.1. The van der Waals surface area contributed by atoms with Crippen LogP contribution in [0.15, 0.2) is 46.1 Å². The quantitative estimate of drug-likeness (QED) is 0.555. The minimum atomic E-state index is -0.388. The Morgan fingerprint density at radius 3 is 2.83 bits per heavy atom. The highest BCUT2D eigenvalue weighted by Crippen LogP contribution is 2.16. The molecule has 0 bridgehead atoms. The zero-order valence-corrected chi connectivity index (χ0v) is 14.5. The van der Waals surface area contributed by atoms with Gasteiger partial charge in [-0.25, -0.2) is 4.39 Å². The lowest BCUT2D eigenvalue weighted by molar-refractivity contribution is -0.115. The molecule has 5 nitrogen and oxygen atoms in total. The summed E-state index contributed by atoms with van der Waals surface area (Å²) in [5.74, 6) is 0.234. The van der Waals surface area contributed by atoms with E-state index >= 15 is 0 Å². The van der Waals surface area contributed by atoms with Gasteiger partial charge in [-0.15, -0.1) is 0 Å². The summed E-state index contributed by atoms with van der Waals surface area (Å²) in [5, 5.41) is 12.9. The van der Waals surface area contributed by atoms with Crippen molar-refractivity contribution in [2.45, 2.75) is 12.8 Å². The number of nitrogens with one attached hydrogen (secondary N) is 3. The van der Waals surface area contributed by atoms with E-state index in [0.29, 0.717) is 24.1 Å². The standard InChI is InChI=1S/C17H21FN4OS/c1-12(13-6-7-24-11-13)9-20-17(19-2)21-10-16(23)22-15-5-3-4-14(18)8-15/h3-8,11-12H,9-10H2,1-2H3,(H,22,23)(H2,19,20,21). The van der Waals surface area contributed by atoms with Gasteiger partial charge in [-0.1, -0.05) is 13.0 Å². The van der Waals surface area contributed by atoms with E-state index in [4.69, 9.17) is 0 Å². The maximum atomic E-state index is 13.1. The van der Waals surface area contributed by atoms with E-state index in [1.165, 1.54) is 17.7 Å². The SMILES string of the molecule is CN=C(NCC(=O)Nc1cccc(F)c1)NCC(C)c1ccsc1. The molecule has 7 heteroatoms. The third-order valence-electron chi connectivity index (χ3n) is 3.44. The molecule has 0 radical (unpaired) electrons. The van der Waals surface area contributed by atoms with Crippen molar-refractivity contribution < 1.29 is 9.18 Å². The molecule has 0 spiro atoms. The predicted octanol–water partition coefficient (Wildman–Crippen LogP) is 2.79. The summed E-state index contributed by atoms with van der Waals surface area (Å²) in [6, 6.07) is 7.88. The van der Waals surface area contributed by atoms with Crippen LogP contribution in [-0.4, -0.2) is 32.0 Å². The Balaban J connectivity index is 1.75. The van der Waals surface area contributed by atoms with Gasteiger partial charge in [-0.3, -0.25) is 9.79 Å². The van der Waals surface area contributed by atoms with Crippen molar-refractivity contribution in [1.82, 2.24) is 10.6 Å². The van der Waals surface area contributed by atoms with Crippen molar-refractivity contribution in [1.29, 1.82) is 0 Å². The average molecular weight is 348 g/mol. The molecule has 1 unspecified atom stereocenters. The van der Waals surface area contributed by atoms with Gasteiger partial charge in [0.2, 0.25) is 5.91 Å². The molecule has 1 atom stereocenters. The summed E-state index contributed by atoms with van der Waals surface area (Å²) in [7, 11) is 1.65. The number of nitrogens with zero attached hydrogens (tertiary/aromatic N) is 1. The van der Waals surface area contributed by atoms with Crippen LogP contribution < -0.4 is 16.0 Å². The molecule has 2 rings (SSSR count). The number of guanidine groups is 1. The van der Waals surface area contributed by atoms with Crippen LogP contribution in [0, 0.1) is 5.82 Å². The third kappa shape index (κ3) is 5.66. The molecular weight excluding hydrogens is 327 g/mol. The monoisotopic (exact) mass is 348 g/mol. The van der Waals surface area contributed by atoms with Crippen LogP contribution in [0.2, 0.25) is 0 Å². The maximum Gasteiger partial charge on any atom is 0.243 e. The lowest BCUT2D eigenvalue weighted by Gasteiger charge is -2.15. The number of carbonyl (C=O) groups excluding carboxylic acids is 1. The van der Waals surface area contributed by atoms with Crippen LogP contribution in [0.1, 0.15) is 18.4 Å². The first-order valence-electron chi connectivity index (χ1n) is 7.60. The third-order valence-corrected chi connectivity index (χ3v) is 4.14. The fourth-order valence-electron chi connectivity index (χ4n) is 2.08. The molecule has 3 N–H and O–H groups in total. The van der Waals surface area contributed by atoms with Gasteiger partial charge in [0.25, 0.3) is 0 Å². The van der Waals surface area contributed by atoms with Crippen molar-refractivity contribution in [2.75, 3.05) is 25.5 Å². The van der Waals surface area contributed by atoms with Gasteiger partial charge in [0.15, 0.2) is 5.96 Å². The molecule has 1 aromatic carbocycles. The summed E-state index contributed by atoms with van der Waals surface area (Å²) in [4.78, 5) is 16.0. The Labute approximate surface area is 145 Å². The topological polar surface area (TPSA) is 65.5 Å². The van der Waals surface area contributed by atoms with Crippen LogP contribution >= 0.6 is 11.3 Å². The molecule has 0 aliphatic carbocycles. The number of hydrogen-bond donors (Lipinski definition) is 3. The molecule has 1 heterocycles. The largest absolute Gasteiger partial charge is 0.356 e. The van der Waals surface area contributed by atoms with Gasteiger partial charge in [-0.05, 0) is 46.5 Å². The van der Waals surface area contributed by atoms with E-state index in [2.05, 4.69) is 44.7 Å². The number of hydrogen-bond acceptors (Lipinski definition) is 3. The molecule has 0 saturated carbocycles. The van der Waals surface area contributed by atoms with Crippen molar-refractivity contribution in [3.63, 3.8) is 0 Å². The van der Waals surface area contributed by atoms with Crippen molar-refractivity contribution in [3.05, 3.63) is 52.5 Å². The number of halogens is 1. The first-order valence-corrected chi connectivity index (χ1v) is 8.55. The van der Waals surface area contributed by atoms with Gasteiger partial charge in [-0.2, -0.15) is 11.3 Å². The van der Waals surface area contributed by atoms with Crippen LogP contribution in [0.3, 0.4) is 0 Å². The smallest absolute Gasteiger partial charge is 0.243 e. The molecule has 1 aromatic heterocycles. The Morgan fingerprint density at radius 2 is 2.17 bits per heavy atom. The van der Waals surface area contributed by atoms with Crippen molar-refractivity contribution in [2.24, 2.45) is 4.99 Å². The van der Waals surface area contributed by atoms with Crippen molar-refractivity contribution in [3.8, 4) is 0 Å². The summed E-state index contributed by atoms with van der Waals surface area (Å²) < 4.78 is 13.1. The minimum absolute atomic E-state index is 0.0447. The van der Waals surface area contributed by atoms with Crippen LogP contribution in [0.4, 0.5) is 10.1 Å². The summed E-state index contributed by atoms with van der Waals surface area (Å²) in [6.07, 6.45) is 0. The molecule has 1 amide bonds. The molecular formula is C17H21FN4OS. The first kappa shape index (κ1) is 17.9. The van der Waals surface area contributed by atoms with Crippen LogP contribution in [0.5, 0.6) is 0 Å². The van der Waals surface area contributed by atoms with Gasteiger partial charge < -0.3 is 16.0 Å². The predicted molar refractivity (Wildman–Crippen MR) is 97.1 cm³/mol. The highest BCUT2D eigenvalue weighted by Gasteiger charge is 2.08. The normalized spacial score (nSPS) is 12.5. The number of benzene rings is 1. The summed E-state index contributed by atoms with van der Waals surface area (Å²) >= 11 is 1.67. The second kappa shape index (κ2) is 9.02. The van der Waals surface area contributed by atoms with E-state index in [0.717, 1.165) is 0 Å². The summed E-state index contributed by atoms with van der Waals surface area (Å²) in [5.41, 5.74) is 1.70. The minimum Gasteiger partial charge on any atom is -0.356 e. The fraction of sp³-hybridized carbons (Fsp3) is 0.294. The van der Waals surface area contributed by atoms with E-state index in [-0.39, 0.29) is 18.3 Å². The number of aliphatic imine (C=N–C) groups is 1. The van der Waals surface area contributed by atoms with Gasteiger partial charge in [0, 0.05) is 19.3 Å². The number of thiophene rings is 1. The number of carbonyl (C=O) groups is 1. The summed E-state index contributed by atoms with van der Waals surface area (Å²) in [6.45, 7) is 2.88. The average Bonchev–Trinajstić information content (AvgIpc) is 3.09. The zero-order valence-electron chi connectivity index (χ0n) is 13.7. The number of anilines is 1. The Bertz CT molecular complexity index is 688. The zero-order chi connectivity index (χ0) is 17.4. The second-order valence-electron chi connectivity index (χ2n) is 5.32. The van der Waals surface area contributed by atoms with Gasteiger partial charge in [0.05, 0.1) is 6.54 Å². The molecule has 0 aliphatic rings. The fourth-order valence-corrected chi connectivity index (χ4v) is 2.86. The van der Waals surface area contributed by atoms with Crippen molar-refractivity contribution >= 4 is 28.9 Å². The van der Waals surface area contributed by atoms with Gasteiger partial charge in [0.1, 0.15) is 5.82 Å².